The van der Waals surface area contributed by atoms with Crippen molar-refractivity contribution in [1.82, 2.24) is 4.98 Å². The SMILES string of the molecule is CCCCCOc1ccc(C2C(C(=O)C=Cc3ccccc3)=C(O)C(=O)N2c2nc3ccc(Cl)cc3s2)cc1OCC. The number of aromatic nitrogens is 1. The quantitative estimate of drug-likeness (QED) is 0.130. The first-order chi connectivity index (χ1) is 20.4. The monoisotopic (exact) mass is 602 g/mol. The van der Waals surface area contributed by atoms with Crippen molar-refractivity contribution in [3.05, 3.63) is 100 Å². The molecule has 3 aromatic carbocycles. The summed E-state index contributed by atoms with van der Waals surface area (Å²) in [6.45, 7) is 4.95. The smallest absolute Gasteiger partial charge is 0.296 e. The highest BCUT2D eigenvalue weighted by molar-refractivity contribution is 7.22. The standard InChI is InChI=1S/C33H31ClN2O5S/c1-3-5-9-18-41-26-17-13-22(19-27(26)40-4-2)30-29(25(37)16-12-21-10-7-6-8-11-21)31(38)32(39)36(30)33-35-24-15-14-23(34)20-28(24)42-33/h6-8,10-17,19-20,30,38H,3-5,9,18H2,1-2H3. The Morgan fingerprint density at radius 2 is 1.86 bits per heavy atom. The highest BCUT2D eigenvalue weighted by atomic mass is 35.5. The van der Waals surface area contributed by atoms with E-state index in [0.29, 0.717) is 45.9 Å². The van der Waals surface area contributed by atoms with Gasteiger partial charge >= 0.3 is 0 Å². The minimum atomic E-state index is -0.949. The molecule has 7 nitrogen and oxygen atoms in total. The molecule has 4 aromatic rings. The number of unbranched alkanes of at least 4 members (excludes halogenated alkanes) is 2. The molecule has 42 heavy (non-hydrogen) atoms. The summed E-state index contributed by atoms with van der Waals surface area (Å²) in [6, 6.07) is 19.0. The number of aliphatic hydroxyl groups is 1. The zero-order valence-electron chi connectivity index (χ0n) is 23.4. The summed E-state index contributed by atoms with van der Waals surface area (Å²) in [5, 5.41) is 12.0. The molecule has 9 heteroatoms. The maximum atomic E-state index is 13.7. The zero-order chi connectivity index (χ0) is 29.6. The van der Waals surface area contributed by atoms with Crippen LogP contribution in [0.15, 0.2) is 84.1 Å². The third-order valence-electron chi connectivity index (χ3n) is 6.83. The van der Waals surface area contributed by atoms with Crippen molar-refractivity contribution in [2.24, 2.45) is 0 Å². The second-order valence-corrected chi connectivity index (χ2v) is 11.2. The molecule has 1 aliphatic rings. The van der Waals surface area contributed by atoms with Crippen molar-refractivity contribution in [3.63, 3.8) is 0 Å². The van der Waals surface area contributed by atoms with Crippen LogP contribution in [-0.4, -0.2) is 35.0 Å². The van der Waals surface area contributed by atoms with Gasteiger partial charge in [-0.1, -0.05) is 85.2 Å². The van der Waals surface area contributed by atoms with Crippen LogP contribution >= 0.6 is 22.9 Å². The summed E-state index contributed by atoms with van der Waals surface area (Å²) in [5.41, 5.74) is 2.00. The summed E-state index contributed by atoms with van der Waals surface area (Å²) in [7, 11) is 0. The third-order valence-corrected chi connectivity index (χ3v) is 8.09. The van der Waals surface area contributed by atoms with E-state index in [1.165, 1.54) is 22.3 Å². The Labute approximate surface area is 253 Å². The number of amides is 1. The van der Waals surface area contributed by atoms with Crippen LogP contribution in [0.4, 0.5) is 5.13 Å². The number of benzene rings is 3. The molecule has 0 saturated heterocycles. The Morgan fingerprint density at radius 3 is 2.62 bits per heavy atom. The van der Waals surface area contributed by atoms with E-state index in [0.717, 1.165) is 29.5 Å². The average Bonchev–Trinajstić information content (AvgIpc) is 3.52. The van der Waals surface area contributed by atoms with E-state index in [2.05, 4.69) is 11.9 Å². The summed E-state index contributed by atoms with van der Waals surface area (Å²) in [4.78, 5) is 33.3. The molecular weight excluding hydrogens is 572 g/mol. The maximum Gasteiger partial charge on any atom is 0.296 e. The number of aliphatic hydroxyl groups excluding tert-OH is 1. The molecule has 5 rings (SSSR count). The normalized spacial score (nSPS) is 15.3. The van der Waals surface area contributed by atoms with E-state index in [-0.39, 0.29) is 5.57 Å². The number of rotatable bonds is 12. The van der Waals surface area contributed by atoms with Gasteiger partial charge in [-0.3, -0.25) is 14.5 Å². The van der Waals surface area contributed by atoms with Gasteiger partial charge in [0.2, 0.25) is 0 Å². The molecule has 1 amide bonds. The second-order valence-electron chi connectivity index (χ2n) is 9.75. The van der Waals surface area contributed by atoms with Gasteiger partial charge in [-0.05, 0) is 60.9 Å². The first-order valence-corrected chi connectivity index (χ1v) is 15.1. The number of anilines is 1. The molecule has 0 radical (unpaired) electrons. The minimum Gasteiger partial charge on any atom is -0.503 e. The number of fused-ring (bicyclic) bond motifs is 1. The predicted octanol–water partition coefficient (Wildman–Crippen LogP) is 8.10. The Morgan fingerprint density at radius 1 is 1.05 bits per heavy atom. The number of ether oxygens (including phenoxy) is 2. The lowest BCUT2D eigenvalue weighted by Crippen LogP contribution is -2.30. The fourth-order valence-electron chi connectivity index (χ4n) is 4.80. The highest BCUT2D eigenvalue weighted by Gasteiger charge is 2.45. The van der Waals surface area contributed by atoms with Crippen LogP contribution < -0.4 is 14.4 Å². The molecular formula is C33H31ClN2O5S. The van der Waals surface area contributed by atoms with Gasteiger partial charge in [0, 0.05) is 5.02 Å². The summed E-state index contributed by atoms with van der Waals surface area (Å²) in [5.74, 6) is -0.739. The molecule has 1 atom stereocenters. The van der Waals surface area contributed by atoms with Gasteiger partial charge in [0.15, 0.2) is 28.2 Å². The number of halogens is 1. The fourth-order valence-corrected chi connectivity index (χ4v) is 6.07. The number of allylic oxidation sites excluding steroid dienone is 1. The number of thiazole rings is 1. The van der Waals surface area contributed by atoms with Gasteiger partial charge in [0.25, 0.3) is 5.91 Å². The second kappa shape index (κ2) is 13.2. The first kappa shape index (κ1) is 29.4. The largest absolute Gasteiger partial charge is 0.503 e. The van der Waals surface area contributed by atoms with Crippen LogP contribution in [-0.2, 0) is 9.59 Å². The molecule has 0 bridgehead atoms. The van der Waals surface area contributed by atoms with Gasteiger partial charge in [0.1, 0.15) is 0 Å². The average molecular weight is 603 g/mol. The highest BCUT2D eigenvalue weighted by Crippen LogP contribution is 2.45. The molecule has 0 fully saturated rings. The van der Waals surface area contributed by atoms with Gasteiger partial charge in [-0.25, -0.2) is 4.98 Å². The molecule has 0 aliphatic carbocycles. The van der Waals surface area contributed by atoms with Crippen LogP contribution in [0.5, 0.6) is 11.5 Å². The molecule has 1 aliphatic heterocycles. The lowest BCUT2D eigenvalue weighted by atomic mass is 9.95. The molecule has 216 valence electrons. The van der Waals surface area contributed by atoms with E-state index >= 15 is 0 Å². The van der Waals surface area contributed by atoms with Gasteiger partial charge in [-0.15, -0.1) is 0 Å². The summed E-state index contributed by atoms with van der Waals surface area (Å²) < 4.78 is 12.7. The van der Waals surface area contributed by atoms with Crippen molar-refractivity contribution in [3.8, 4) is 11.5 Å². The van der Waals surface area contributed by atoms with Crippen LogP contribution in [0.3, 0.4) is 0 Å². The van der Waals surface area contributed by atoms with Crippen molar-refractivity contribution >= 4 is 56.1 Å². The van der Waals surface area contributed by atoms with Crippen LogP contribution in [0.1, 0.15) is 50.3 Å². The molecule has 2 heterocycles. The van der Waals surface area contributed by atoms with Crippen LogP contribution in [0.2, 0.25) is 5.02 Å². The van der Waals surface area contributed by atoms with Crippen molar-refractivity contribution in [1.29, 1.82) is 0 Å². The number of carbonyl (C=O) groups is 2. The van der Waals surface area contributed by atoms with E-state index in [9.17, 15) is 14.7 Å². The summed E-state index contributed by atoms with van der Waals surface area (Å²) >= 11 is 7.46. The molecule has 1 unspecified atom stereocenters. The molecule has 1 N–H and O–H groups in total. The van der Waals surface area contributed by atoms with Crippen LogP contribution in [0.25, 0.3) is 16.3 Å². The first-order valence-electron chi connectivity index (χ1n) is 13.9. The number of hydrogen-bond acceptors (Lipinski definition) is 7. The topological polar surface area (TPSA) is 89.0 Å². The van der Waals surface area contributed by atoms with E-state index < -0.39 is 23.5 Å². The summed E-state index contributed by atoms with van der Waals surface area (Å²) in [6.07, 6.45) is 6.08. The van der Waals surface area contributed by atoms with Gasteiger partial charge < -0.3 is 14.6 Å². The van der Waals surface area contributed by atoms with E-state index in [4.69, 9.17) is 21.1 Å². The lowest BCUT2D eigenvalue weighted by molar-refractivity contribution is -0.117. The van der Waals surface area contributed by atoms with Gasteiger partial charge in [0.05, 0.1) is 35.0 Å². The van der Waals surface area contributed by atoms with E-state index in [1.807, 2.05) is 37.3 Å². The van der Waals surface area contributed by atoms with Crippen LogP contribution in [0, 0.1) is 0 Å². The van der Waals surface area contributed by atoms with Gasteiger partial charge in [-0.2, -0.15) is 0 Å². The Balaban J connectivity index is 1.58. The third kappa shape index (κ3) is 6.20. The maximum absolute atomic E-state index is 13.7. The molecule has 1 aromatic heterocycles. The van der Waals surface area contributed by atoms with Crippen molar-refractivity contribution in [2.45, 2.75) is 39.2 Å². The number of hydrogen-bond donors (Lipinski definition) is 1. The fraction of sp³-hybridized carbons (Fsp3) is 0.242. The minimum absolute atomic E-state index is 0.0384. The Bertz CT molecular complexity index is 1660. The molecule has 0 spiro atoms. The van der Waals surface area contributed by atoms with Crippen molar-refractivity contribution in [2.75, 3.05) is 18.1 Å². The lowest BCUT2D eigenvalue weighted by Gasteiger charge is -2.25. The molecule has 0 saturated carbocycles. The van der Waals surface area contributed by atoms with Crippen molar-refractivity contribution < 1.29 is 24.2 Å². The predicted molar refractivity (Wildman–Crippen MR) is 168 cm³/mol. The number of nitrogens with zero attached hydrogens (tertiary/aromatic N) is 2. The Kier molecular flexibility index (Phi) is 9.25. The Hall–Kier alpha value is -4.14. The zero-order valence-corrected chi connectivity index (χ0v) is 25.0. The number of ketones is 1. The number of carbonyl (C=O) groups excluding carboxylic acids is 2. The van der Waals surface area contributed by atoms with E-state index in [1.54, 1.807) is 42.5 Å².